The van der Waals surface area contributed by atoms with Crippen molar-refractivity contribution < 1.29 is 28.9 Å². The Morgan fingerprint density at radius 2 is 1.61 bits per heavy atom. The molecule has 0 saturated heterocycles. The van der Waals surface area contributed by atoms with Crippen LogP contribution in [0.4, 0.5) is 8.78 Å². The van der Waals surface area contributed by atoms with E-state index in [0.717, 1.165) is 12.1 Å². The van der Waals surface area contributed by atoms with E-state index in [1.165, 1.54) is 0 Å². The standard InChI is InChI=1S/C11H6F2N.C5H5N.CN.Ir/c12-8-4-5-9(10(13)7-8)11-3-1-2-6-14-11;1-2-4-6-5-3-1;1-2;/h1-4,6-7H;1-5H;;/q-1;;-1;. The molecule has 0 saturated carbocycles. The molecular formula is C17H11F2IrN3-2. The van der Waals surface area contributed by atoms with Crippen molar-refractivity contribution in [2.75, 3.05) is 0 Å². The molecule has 0 aliphatic carbocycles. The van der Waals surface area contributed by atoms with Crippen molar-refractivity contribution >= 4 is 0 Å². The van der Waals surface area contributed by atoms with Crippen LogP contribution >= 0.6 is 0 Å². The largest absolute Gasteiger partial charge is 0.512 e. The Balaban J connectivity index is 0.000000455. The van der Waals surface area contributed by atoms with Crippen molar-refractivity contribution in [2.45, 2.75) is 0 Å². The van der Waals surface area contributed by atoms with E-state index in [-0.39, 0.29) is 25.7 Å². The molecule has 0 fully saturated rings. The molecular weight excluding hydrogens is 476 g/mol. The number of hydrogen-bond acceptors (Lipinski definition) is 3. The molecule has 3 rings (SSSR count). The summed E-state index contributed by atoms with van der Waals surface area (Å²) in [4.78, 5) is 7.73. The van der Waals surface area contributed by atoms with E-state index in [0.29, 0.717) is 5.69 Å². The van der Waals surface area contributed by atoms with Crippen molar-refractivity contribution in [3.8, 4) is 11.3 Å². The molecule has 0 aliphatic heterocycles. The van der Waals surface area contributed by atoms with Crippen LogP contribution < -0.4 is 0 Å². The zero-order chi connectivity index (χ0) is 16.2. The molecule has 3 aromatic rings. The molecule has 1 radical (unpaired) electrons. The summed E-state index contributed by atoms with van der Waals surface area (Å²) in [5, 5.41) is 6.25. The van der Waals surface area contributed by atoms with E-state index in [4.69, 9.17) is 11.8 Å². The van der Waals surface area contributed by atoms with Gasteiger partial charge in [-0.1, -0.05) is 29.8 Å². The van der Waals surface area contributed by atoms with Crippen LogP contribution in [0.1, 0.15) is 0 Å². The topological polar surface area (TPSA) is 49.6 Å². The Hall–Kier alpha value is -2.48. The van der Waals surface area contributed by atoms with E-state index < -0.39 is 11.6 Å². The minimum Gasteiger partial charge on any atom is -0.512 e. The second-order valence-corrected chi connectivity index (χ2v) is 3.78. The smallest absolute Gasteiger partial charge is 0.0408 e. The van der Waals surface area contributed by atoms with Gasteiger partial charge in [-0.15, -0.1) is 12.1 Å². The SMILES string of the molecule is Fc1c[c-]c(-c2ccccn2)c(F)c1.[C-]#N.[Ir].c1ccncc1. The Bertz CT molecular complexity index is 665. The average molecular weight is 488 g/mol. The van der Waals surface area contributed by atoms with Crippen molar-refractivity contribution in [1.29, 1.82) is 5.26 Å². The monoisotopic (exact) mass is 488 g/mol. The zero-order valence-electron chi connectivity index (χ0n) is 11.8. The number of rotatable bonds is 1. The first-order valence-corrected chi connectivity index (χ1v) is 6.13. The van der Waals surface area contributed by atoms with Crippen LogP contribution in [0.5, 0.6) is 0 Å². The van der Waals surface area contributed by atoms with Crippen LogP contribution in [-0.2, 0) is 20.1 Å². The molecule has 0 aliphatic rings. The van der Waals surface area contributed by atoms with Gasteiger partial charge in [-0.25, -0.2) is 0 Å². The molecule has 0 N–H and O–H groups in total. The summed E-state index contributed by atoms with van der Waals surface area (Å²) >= 11 is 0. The third-order valence-electron chi connectivity index (χ3n) is 2.35. The first-order chi connectivity index (χ1) is 10.8. The fourth-order valence-corrected chi connectivity index (χ4v) is 1.46. The van der Waals surface area contributed by atoms with E-state index in [2.05, 4.69) is 16.0 Å². The molecule has 1 aromatic carbocycles. The third kappa shape index (κ3) is 7.37. The van der Waals surface area contributed by atoms with Crippen molar-refractivity contribution in [1.82, 2.24) is 9.97 Å². The van der Waals surface area contributed by atoms with Gasteiger partial charge in [-0.2, -0.15) is 0 Å². The normalized spacial score (nSPS) is 8.35. The van der Waals surface area contributed by atoms with E-state index >= 15 is 0 Å². The molecule has 0 atom stereocenters. The van der Waals surface area contributed by atoms with Gasteiger partial charge >= 0.3 is 0 Å². The average Bonchev–Trinajstić information content (AvgIpc) is 2.60. The van der Waals surface area contributed by atoms with Crippen LogP contribution in [0.15, 0.2) is 67.1 Å². The van der Waals surface area contributed by atoms with E-state index in [1.54, 1.807) is 36.8 Å². The van der Waals surface area contributed by atoms with Gasteiger partial charge in [0.15, 0.2) is 0 Å². The van der Waals surface area contributed by atoms with Gasteiger partial charge in [0, 0.05) is 50.3 Å². The molecule has 2 heterocycles. The number of halogens is 2. The van der Waals surface area contributed by atoms with Gasteiger partial charge in [0.2, 0.25) is 0 Å². The van der Waals surface area contributed by atoms with Crippen molar-refractivity contribution in [2.24, 2.45) is 0 Å². The first-order valence-electron chi connectivity index (χ1n) is 6.13. The Morgan fingerprint density at radius 3 is 2.04 bits per heavy atom. The summed E-state index contributed by atoms with van der Waals surface area (Å²) in [5.74, 6) is -1.29. The quantitative estimate of drug-likeness (QED) is 0.488. The van der Waals surface area contributed by atoms with Crippen LogP contribution in [-0.4, -0.2) is 9.97 Å². The third-order valence-corrected chi connectivity index (χ3v) is 2.35. The molecule has 119 valence electrons. The Labute approximate surface area is 147 Å². The fraction of sp³-hybridized carbons (Fsp3) is 0. The fourth-order valence-electron chi connectivity index (χ4n) is 1.46. The molecule has 6 heteroatoms. The summed E-state index contributed by atoms with van der Waals surface area (Å²) < 4.78 is 25.8. The molecule has 2 aromatic heterocycles. The molecule has 3 nitrogen and oxygen atoms in total. The predicted molar refractivity (Wildman–Crippen MR) is 77.6 cm³/mol. The van der Waals surface area contributed by atoms with Gasteiger partial charge in [0.25, 0.3) is 0 Å². The molecule has 0 amide bonds. The number of pyridine rings is 2. The van der Waals surface area contributed by atoms with Crippen molar-refractivity contribution in [3.05, 3.63) is 91.4 Å². The number of benzene rings is 1. The minimum atomic E-state index is -0.649. The second-order valence-electron chi connectivity index (χ2n) is 3.78. The van der Waals surface area contributed by atoms with E-state index in [1.807, 2.05) is 18.2 Å². The Kier molecular flexibility index (Phi) is 10.8. The van der Waals surface area contributed by atoms with Gasteiger partial charge in [0.1, 0.15) is 0 Å². The van der Waals surface area contributed by atoms with Gasteiger partial charge in [0.05, 0.1) is 0 Å². The van der Waals surface area contributed by atoms with Gasteiger partial charge in [-0.3, -0.25) is 13.8 Å². The summed E-state index contributed by atoms with van der Waals surface area (Å²) in [6, 6.07) is 15.2. The number of aromatic nitrogens is 2. The van der Waals surface area contributed by atoms with Crippen LogP contribution in [0, 0.1) is 29.5 Å². The van der Waals surface area contributed by atoms with Crippen LogP contribution in [0.2, 0.25) is 0 Å². The van der Waals surface area contributed by atoms with E-state index in [9.17, 15) is 8.78 Å². The second kappa shape index (κ2) is 12.1. The molecule has 0 spiro atoms. The zero-order valence-corrected chi connectivity index (χ0v) is 14.2. The number of nitrogens with zero attached hydrogens (tertiary/aromatic N) is 3. The maximum Gasteiger partial charge on any atom is 0.0408 e. The van der Waals surface area contributed by atoms with Gasteiger partial charge < -0.3 is 16.8 Å². The van der Waals surface area contributed by atoms with Crippen molar-refractivity contribution in [3.63, 3.8) is 0 Å². The maximum atomic E-state index is 13.2. The Morgan fingerprint density at radius 1 is 0.957 bits per heavy atom. The number of hydrogen-bond donors (Lipinski definition) is 0. The maximum absolute atomic E-state index is 13.2. The summed E-state index contributed by atoms with van der Waals surface area (Å²) in [6.45, 7) is 4.75. The molecule has 0 bridgehead atoms. The van der Waals surface area contributed by atoms with Crippen LogP contribution in [0.25, 0.3) is 11.3 Å². The predicted octanol–water partition coefficient (Wildman–Crippen LogP) is 4.00. The molecule has 23 heavy (non-hydrogen) atoms. The van der Waals surface area contributed by atoms with Crippen LogP contribution in [0.3, 0.4) is 0 Å². The minimum absolute atomic E-state index is 0. The summed E-state index contributed by atoms with van der Waals surface area (Å²) in [5.41, 5.74) is 0.636. The summed E-state index contributed by atoms with van der Waals surface area (Å²) in [6.07, 6.45) is 5.05. The molecule has 0 unspecified atom stereocenters. The summed E-state index contributed by atoms with van der Waals surface area (Å²) in [7, 11) is 0. The van der Waals surface area contributed by atoms with Gasteiger partial charge in [-0.05, 0) is 23.9 Å². The first kappa shape index (κ1) is 20.5.